The lowest BCUT2D eigenvalue weighted by Crippen LogP contribution is -2.27. The van der Waals surface area contributed by atoms with Crippen molar-refractivity contribution < 1.29 is 9.53 Å². The van der Waals surface area contributed by atoms with Gasteiger partial charge >= 0.3 is 6.09 Å². The molecule has 1 amide bonds. The molecule has 128 valence electrons. The minimum Gasteiger partial charge on any atom is -0.444 e. The van der Waals surface area contributed by atoms with Crippen molar-refractivity contribution in [3.63, 3.8) is 0 Å². The molecule has 0 radical (unpaired) electrons. The molecular formula is C18H29N3O2. The summed E-state index contributed by atoms with van der Waals surface area (Å²) < 4.78 is 5.23. The monoisotopic (exact) mass is 319 g/mol. The molecule has 1 atom stereocenters. The topological polar surface area (TPSA) is 54.5 Å². The van der Waals surface area contributed by atoms with Crippen molar-refractivity contribution in [1.29, 1.82) is 0 Å². The maximum atomic E-state index is 11.8. The summed E-state index contributed by atoms with van der Waals surface area (Å²) in [5.74, 6) is 0.529. The summed E-state index contributed by atoms with van der Waals surface area (Å²) >= 11 is 0. The molecule has 0 saturated carbocycles. The Morgan fingerprint density at radius 2 is 2.22 bits per heavy atom. The smallest absolute Gasteiger partial charge is 0.413 e. The molecule has 5 nitrogen and oxygen atoms in total. The highest BCUT2D eigenvalue weighted by molar-refractivity contribution is 5.83. The molecule has 1 aliphatic rings. The van der Waals surface area contributed by atoms with Gasteiger partial charge in [0.1, 0.15) is 11.4 Å². The molecule has 0 unspecified atom stereocenters. The van der Waals surface area contributed by atoms with Gasteiger partial charge in [-0.3, -0.25) is 10.2 Å². The molecule has 0 bridgehead atoms. The van der Waals surface area contributed by atoms with E-state index >= 15 is 0 Å². The molecule has 1 aliphatic heterocycles. The number of likely N-dealkylation sites (tertiary alicyclic amines) is 1. The second-order valence-electron chi connectivity index (χ2n) is 7.15. The zero-order valence-electron chi connectivity index (χ0n) is 14.8. The second-order valence-corrected chi connectivity index (χ2v) is 7.15. The van der Waals surface area contributed by atoms with Crippen molar-refractivity contribution in [3.05, 3.63) is 23.9 Å². The van der Waals surface area contributed by atoms with Gasteiger partial charge in [0.15, 0.2) is 0 Å². The van der Waals surface area contributed by atoms with E-state index in [0.717, 1.165) is 6.54 Å². The largest absolute Gasteiger partial charge is 0.444 e. The van der Waals surface area contributed by atoms with E-state index in [0.29, 0.717) is 11.9 Å². The van der Waals surface area contributed by atoms with E-state index in [1.165, 1.54) is 37.8 Å². The predicted octanol–water partition coefficient (Wildman–Crippen LogP) is 4.37. The third-order valence-electron chi connectivity index (χ3n) is 3.96. The first kappa shape index (κ1) is 17.7. The molecule has 0 aromatic carbocycles. The summed E-state index contributed by atoms with van der Waals surface area (Å²) in [6.45, 7) is 10.1. The first-order chi connectivity index (χ1) is 10.9. The number of pyridine rings is 1. The van der Waals surface area contributed by atoms with E-state index in [1.54, 1.807) is 0 Å². The first-order valence-corrected chi connectivity index (χ1v) is 8.59. The van der Waals surface area contributed by atoms with Crippen molar-refractivity contribution in [3.8, 4) is 0 Å². The van der Waals surface area contributed by atoms with Crippen molar-refractivity contribution in [2.45, 2.75) is 65.0 Å². The summed E-state index contributed by atoms with van der Waals surface area (Å²) in [5.41, 5.74) is 0.724. The zero-order chi connectivity index (χ0) is 16.9. The van der Waals surface area contributed by atoms with Crippen LogP contribution in [0.1, 0.15) is 65.0 Å². The minimum atomic E-state index is -0.506. The Kier molecular flexibility index (Phi) is 5.99. The van der Waals surface area contributed by atoms with Crippen LogP contribution in [-0.2, 0) is 4.74 Å². The molecule has 1 saturated heterocycles. The van der Waals surface area contributed by atoms with Gasteiger partial charge in [-0.2, -0.15) is 0 Å². The van der Waals surface area contributed by atoms with E-state index in [-0.39, 0.29) is 0 Å². The summed E-state index contributed by atoms with van der Waals surface area (Å²) in [7, 11) is 0. The Bertz CT molecular complexity index is 508. The third-order valence-corrected chi connectivity index (χ3v) is 3.96. The van der Waals surface area contributed by atoms with Crippen molar-refractivity contribution in [2.24, 2.45) is 0 Å². The van der Waals surface area contributed by atoms with E-state index in [1.807, 2.05) is 33.0 Å². The molecular weight excluding hydrogens is 290 g/mol. The van der Waals surface area contributed by atoms with Crippen LogP contribution < -0.4 is 5.32 Å². The van der Waals surface area contributed by atoms with Crippen LogP contribution in [0, 0.1) is 0 Å². The number of anilines is 1. The quantitative estimate of drug-likeness (QED) is 0.876. The van der Waals surface area contributed by atoms with Gasteiger partial charge < -0.3 is 4.74 Å². The number of carbonyl (C=O) groups is 1. The van der Waals surface area contributed by atoms with Crippen LogP contribution in [-0.4, -0.2) is 34.7 Å². The van der Waals surface area contributed by atoms with Gasteiger partial charge in [0.2, 0.25) is 0 Å². The van der Waals surface area contributed by atoms with Crippen molar-refractivity contribution in [1.82, 2.24) is 9.88 Å². The number of rotatable bonds is 5. The standard InChI is InChI=1S/C18H29N3O2/c1-5-6-11-21-12-7-8-15(21)14-9-10-16(19-13-14)20-17(22)23-18(2,3)4/h9-10,13,15H,5-8,11-12H2,1-4H3,(H,19,20,22)/t15-/m0/s1. The van der Waals surface area contributed by atoms with Crippen LogP contribution in [0.15, 0.2) is 18.3 Å². The SMILES string of the molecule is CCCCN1CCC[C@H]1c1ccc(NC(=O)OC(C)(C)C)nc1. The van der Waals surface area contributed by atoms with Crippen LogP contribution in [0.2, 0.25) is 0 Å². The zero-order valence-corrected chi connectivity index (χ0v) is 14.8. The molecule has 0 spiro atoms. The van der Waals surface area contributed by atoms with E-state index in [2.05, 4.69) is 28.2 Å². The normalized spacial score (nSPS) is 18.9. The number of hydrogen-bond donors (Lipinski definition) is 1. The highest BCUT2D eigenvalue weighted by Crippen LogP contribution is 2.31. The van der Waals surface area contributed by atoms with Crippen LogP contribution >= 0.6 is 0 Å². The Labute approximate surface area is 139 Å². The minimum absolute atomic E-state index is 0.463. The number of aromatic nitrogens is 1. The Morgan fingerprint density at radius 1 is 1.43 bits per heavy atom. The molecule has 5 heteroatoms. The molecule has 23 heavy (non-hydrogen) atoms. The summed E-state index contributed by atoms with van der Waals surface area (Å²) in [6.07, 6.45) is 6.30. The Balaban J connectivity index is 1.95. The average Bonchev–Trinajstić information content (AvgIpc) is 2.92. The van der Waals surface area contributed by atoms with E-state index in [4.69, 9.17) is 4.74 Å². The molecule has 1 fully saturated rings. The fraction of sp³-hybridized carbons (Fsp3) is 0.667. The Hall–Kier alpha value is -1.62. The highest BCUT2D eigenvalue weighted by Gasteiger charge is 2.25. The molecule has 1 aromatic rings. The summed E-state index contributed by atoms with van der Waals surface area (Å²) in [5, 5.41) is 2.68. The van der Waals surface area contributed by atoms with Crippen LogP contribution in [0.25, 0.3) is 0 Å². The number of carbonyl (C=O) groups excluding carboxylic acids is 1. The predicted molar refractivity (Wildman–Crippen MR) is 92.5 cm³/mol. The van der Waals surface area contributed by atoms with E-state index < -0.39 is 11.7 Å². The maximum absolute atomic E-state index is 11.8. The second kappa shape index (κ2) is 7.77. The van der Waals surface area contributed by atoms with Crippen molar-refractivity contribution in [2.75, 3.05) is 18.4 Å². The lowest BCUT2D eigenvalue weighted by atomic mass is 10.1. The molecule has 1 aromatic heterocycles. The molecule has 2 heterocycles. The van der Waals surface area contributed by atoms with Gasteiger partial charge in [0.25, 0.3) is 0 Å². The number of amides is 1. The van der Waals surface area contributed by atoms with Gasteiger partial charge in [-0.25, -0.2) is 9.78 Å². The van der Waals surface area contributed by atoms with Gasteiger partial charge in [-0.15, -0.1) is 0 Å². The van der Waals surface area contributed by atoms with Gasteiger partial charge in [0.05, 0.1) is 0 Å². The summed E-state index contributed by atoms with van der Waals surface area (Å²) in [6, 6.07) is 4.38. The Morgan fingerprint density at radius 3 is 2.83 bits per heavy atom. The number of hydrogen-bond acceptors (Lipinski definition) is 4. The van der Waals surface area contributed by atoms with Gasteiger partial charge in [-0.05, 0) is 64.8 Å². The summed E-state index contributed by atoms with van der Waals surface area (Å²) in [4.78, 5) is 18.7. The molecule has 0 aliphatic carbocycles. The molecule has 2 rings (SSSR count). The fourth-order valence-corrected chi connectivity index (χ4v) is 2.92. The fourth-order valence-electron chi connectivity index (χ4n) is 2.92. The van der Waals surface area contributed by atoms with Crippen LogP contribution in [0.4, 0.5) is 10.6 Å². The maximum Gasteiger partial charge on any atom is 0.413 e. The van der Waals surface area contributed by atoms with Crippen LogP contribution in [0.5, 0.6) is 0 Å². The number of ether oxygens (including phenoxy) is 1. The average molecular weight is 319 g/mol. The third kappa shape index (κ3) is 5.50. The van der Waals surface area contributed by atoms with E-state index in [9.17, 15) is 4.79 Å². The van der Waals surface area contributed by atoms with Gasteiger partial charge in [0, 0.05) is 12.2 Å². The number of nitrogens with one attached hydrogen (secondary N) is 1. The number of unbranched alkanes of at least 4 members (excludes halogenated alkanes) is 1. The number of nitrogens with zero attached hydrogens (tertiary/aromatic N) is 2. The lowest BCUT2D eigenvalue weighted by Gasteiger charge is -2.24. The highest BCUT2D eigenvalue weighted by atomic mass is 16.6. The van der Waals surface area contributed by atoms with Crippen LogP contribution in [0.3, 0.4) is 0 Å². The lowest BCUT2D eigenvalue weighted by molar-refractivity contribution is 0.0635. The molecule has 1 N–H and O–H groups in total. The first-order valence-electron chi connectivity index (χ1n) is 8.59. The van der Waals surface area contributed by atoms with Crippen molar-refractivity contribution >= 4 is 11.9 Å². The van der Waals surface area contributed by atoms with Gasteiger partial charge in [-0.1, -0.05) is 19.4 Å².